The van der Waals surface area contributed by atoms with Gasteiger partial charge >= 0.3 is 0 Å². The first kappa shape index (κ1) is 14.2. The number of benzene rings is 1. The Morgan fingerprint density at radius 3 is 2.33 bits per heavy atom. The highest BCUT2D eigenvalue weighted by Gasteiger charge is 2.10. The van der Waals surface area contributed by atoms with Crippen molar-refractivity contribution in [2.24, 2.45) is 0 Å². The fourth-order valence-corrected chi connectivity index (χ4v) is 1.69. The van der Waals surface area contributed by atoms with Crippen molar-refractivity contribution in [3.8, 4) is 0 Å². The minimum atomic E-state index is -0.0816. The third-order valence-corrected chi connectivity index (χ3v) is 2.68. The third-order valence-electron chi connectivity index (χ3n) is 2.68. The molecule has 0 aliphatic rings. The predicted octanol–water partition coefficient (Wildman–Crippen LogP) is 1.43. The summed E-state index contributed by atoms with van der Waals surface area (Å²) in [6.45, 7) is 4.43. The van der Waals surface area contributed by atoms with E-state index in [-0.39, 0.29) is 17.7 Å². The van der Waals surface area contributed by atoms with Gasteiger partial charge < -0.3 is 10.6 Å². The van der Waals surface area contributed by atoms with E-state index in [4.69, 9.17) is 0 Å². The van der Waals surface area contributed by atoms with Crippen LogP contribution in [-0.4, -0.2) is 24.9 Å². The molecule has 1 rings (SSSR count). The molecule has 1 unspecified atom stereocenters. The third kappa shape index (κ3) is 5.48. The molecule has 0 saturated carbocycles. The number of hydrogen-bond donors (Lipinski definition) is 2. The Kier molecular flexibility index (Phi) is 5.91. The summed E-state index contributed by atoms with van der Waals surface area (Å²) in [5.41, 5.74) is 1.16. The van der Waals surface area contributed by atoms with Gasteiger partial charge in [-0.25, -0.2) is 0 Å². The van der Waals surface area contributed by atoms with Crippen LogP contribution in [0.2, 0.25) is 0 Å². The van der Waals surface area contributed by atoms with Crippen LogP contribution in [0.15, 0.2) is 30.3 Å². The molecule has 18 heavy (non-hydrogen) atoms. The van der Waals surface area contributed by atoms with Gasteiger partial charge in [0.15, 0.2) is 0 Å². The van der Waals surface area contributed by atoms with E-state index in [0.29, 0.717) is 19.5 Å². The van der Waals surface area contributed by atoms with Gasteiger partial charge in [0.1, 0.15) is 0 Å². The average molecular weight is 248 g/mol. The number of nitrogens with one attached hydrogen (secondary N) is 2. The molecule has 0 aliphatic heterocycles. The fourth-order valence-electron chi connectivity index (χ4n) is 1.69. The van der Waals surface area contributed by atoms with E-state index < -0.39 is 0 Å². The molecule has 4 nitrogen and oxygen atoms in total. The van der Waals surface area contributed by atoms with E-state index in [1.54, 1.807) is 0 Å². The molecule has 1 aromatic rings. The van der Waals surface area contributed by atoms with E-state index >= 15 is 0 Å². The monoisotopic (exact) mass is 248 g/mol. The summed E-state index contributed by atoms with van der Waals surface area (Å²) in [5, 5.41) is 5.42. The Labute approximate surface area is 108 Å². The Hall–Kier alpha value is -1.84. The standard InChI is InChI=1S/C14H20N2O2/c1-11(13-6-4-3-5-7-13)10-14(18)16-9-8-15-12(2)17/h3-7,11H,8-10H2,1-2H3,(H,15,17)(H,16,18). The molecule has 0 spiro atoms. The van der Waals surface area contributed by atoms with E-state index in [2.05, 4.69) is 10.6 Å². The number of carbonyl (C=O) groups is 2. The maximum Gasteiger partial charge on any atom is 0.220 e. The van der Waals surface area contributed by atoms with Crippen LogP contribution >= 0.6 is 0 Å². The van der Waals surface area contributed by atoms with Crippen LogP contribution < -0.4 is 10.6 Å². The zero-order valence-electron chi connectivity index (χ0n) is 10.9. The topological polar surface area (TPSA) is 58.2 Å². The second kappa shape index (κ2) is 7.48. The molecule has 4 heteroatoms. The smallest absolute Gasteiger partial charge is 0.220 e. The van der Waals surface area contributed by atoms with Crippen LogP contribution in [-0.2, 0) is 9.59 Å². The molecule has 2 N–H and O–H groups in total. The molecule has 2 amide bonds. The van der Waals surface area contributed by atoms with Crippen molar-refractivity contribution in [3.63, 3.8) is 0 Å². The molecule has 0 aliphatic carbocycles. The molecule has 1 atom stereocenters. The molecule has 0 radical (unpaired) electrons. The molecule has 0 fully saturated rings. The van der Waals surface area contributed by atoms with Gasteiger partial charge in [0.2, 0.25) is 11.8 Å². The van der Waals surface area contributed by atoms with Crippen molar-refractivity contribution in [1.82, 2.24) is 10.6 Å². The van der Waals surface area contributed by atoms with Gasteiger partial charge in [-0.05, 0) is 11.5 Å². The molecule has 1 aromatic carbocycles. The van der Waals surface area contributed by atoms with Crippen molar-refractivity contribution < 1.29 is 9.59 Å². The van der Waals surface area contributed by atoms with Crippen molar-refractivity contribution in [3.05, 3.63) is 35.9 Å². The molecular weight excluding hydrogens is 228 g/mol. The Morgan fingerprint density at radius 1 is 1.11 bits per heavy atom. The SMILES string of the molecule is CC(=O)NCCNC(=O)CC(C)c1ccccc1. The summed E-state index contributed by atoms with van der Waals surface area (Å²) in [5.74, 6) is 0.130. The van der Waals surface area contributed by atoms with Crippen LogP contribution in [0.25, 0.3) is 0 Å². The zero-order chi connectivity index (χ0) is 13.4. The fraction of sp³-hybridized carbons (Fsp3) is 0.429. The van der Waals surface area contributed by atoms with E-state index in [0.717, 1.165) is 5.56 Å². The number of carbonyl (C=O) groups excluding carboxylic acids is 2. The second-order valence-corrected chi connectivity index (χ2v) is 4.35. The number of rotatable bonds is 6. The van der Waals surface area contributed by atoms with Crippen LogP contribution in [0.3, 0.4) is 0 Å². The van der Waals surface area contributed by atoms with Crippen LogP contribution in [0, 0.1) is 0 Å². The maximum absolute atomic E-state index is 11.6. The number of amides is 2. The van der Waals surface area contributed by atoms with Gasteiger partial charge in [-0.2, -0.15) is 0 Å². The lowest BCUT2D eigenvalue weighted by molar-refractivity contribution is -0.122. The predicted molar refractivity (Wildman–Crippen MR) is 71.2 cm³/mol. The lowest BCUT2D eigenvalue weighted by Gasteiger charge is -2.12. The lowest BCUT2D eigenvalue weighted by atomic mass is 9.98. The minimum Gasteiger partial charge on any atom is -0.355 e. The quantitative estimate of drug-likeness (QED) is 0.748. The van der Waals surface area contributed by atoms with Gasteiger partial charge in [0.05, 0.1) is 0 Å². The summed E-state index contributed by atoms with van der Waals surface area (Å²) < 4.78 is 0. The molecule has 0 bridgehead atoms. The summed E-state index contributed by atoms with van der Waals surface area (Å²) in [6, 6.07) is 9.95. The van der Waals surface area contributed by atoms with Crippen molar-refractivity contribution in [2.75, 3.05) is 13.1 Å². The highest BCUT2D eigenvalue weighted by atomic mass is 16.2. The first-order chi connectivity index (χ1) is 8.59. The van der Waals surface area contributed by atoms with Crippen LogP contribution in [0.5, 0.6) is 0 Å². The van der Waals surface area contributed by atoms with Gasteiger partial charge in [-0.3, -0.25) is 9.59 Å². The maximum atomic E-state index is 11.6. The summed E-state index contributed by atoms with van der Waals surface area (Å²) >= 11 is 0. The average Bonchev–Trinajstić information content (AvgIpc) is 2.35. The van der Waals surface area contributed by atoms with Gasteiger partial charge in [0.25, 0.3) is 0 Å². The van der Waals surface area contributed by atoms with Gasteiger partial charge in [0, 0.05) is 26.4 Å². The van der Waals surface area contributed by atoms with Crippen LogP contribution in [0.1, 0.15) is 31.7 Å². The van der Waals surface area contributed by atoms with E-state index in [1.807, 2.05) is 37.3 Å². The van der Waals surface area contributed by atoms with Crippen LogP contribution in [0.4, 0.5) is 0 Å². The Morgan fingerprint density at radius 2 is 1.72 bits per heavy atom. The lowest BCUT2D eigenvalue weighted by Crippen LogP contribution is -2.34. The highest BCUT2D eigenvalue weighted by molar-refractivity contribution is 5.77. The Bertz CT molecular complexity index is 390. The molecule has 0 saturated heterocycles. The molecule has 98 valence electrons. The second-order valence-electron chi connectivity index (χ2n) is 4.35. The van der Waals surface area contributed by atoms with Crippen molar-refractivity contribution >= 4 is 11.8 Å². The zero-order valence-corrected chi connectivity index (χ0v) is 10.9. The normalized spacial score (nSPS) is 11.7. The molecule has 0 aromatic heterocycles. The highest BCUT2D eigenvalue weighted by Crippen LogP contribution is 2.17. The van der Waals surface area contributed by atoms with E-state index in [9.17, 15) is 9.59 Å². The molecular formula is C14H20N2O2. The molecule has 0 heterocycles. The Balaban J connectivity index is 2.26. The summed E-state index contributed by atoms with van der Waals surface area (Å²) in [7, 11) is 0. The summed E-state index contributed by atoms with van der Waals surface area (Å²) in [6.07, 6.45) is 0.462. The largest absolute Gasteiger partial charge is 0.355 e. The first-order valence-electron chi connectivity index (χ1n) is 6.15. The van der Waals surface area contributed by atoms with Gasteiger partial charge in [-0.1, -0.05) is 37.3 Å². The summed E-state index contributed by atoms with van der Waals surface area (Å²) in [4.78, 5) is 22.3. The first-order valence-corrected chi connectivity index (χ1v) is 6.15. The van der Waals surface area contributed by atoms with E-state index in [1.165, 1.54) is 6.92 Å². The number of hydrogen-bond acceptors (Lipinski definition) is 2. The van der Waals surface area contributed by atoms with Gasteiger partial charge in [-0.15, -0.1) is 0 Å². The van der Waals surface area contributed by atoms with Crippen molar-refractivity contribution in [2.45, 2.75) is 26.2 Å². The van der Waals surface area contributed by atoms with Crippen molar-refractivity contribution in [1.29, 1.82) is 0 Å². The minimum absolute atomic E-state index is 0.0108.